The van der Waals surface area contributed by atoms with Crippen LogP contribution < -0.4 is 0 Å². The third kappa shape index (κ3) is 2.98. The number of amides is 1. The van der Waals surface area contributed by atoms with Crippen molar-refractivity contribution in [2.24, 2.45) is 5.92 Å². The van der Waals surface area contributed by atoms with Crippen molar-refractivity contribution < 1.29 is 4.79 Å². The summed E-state index contributed by atoms with van der Waals surface area (Å²) < 4.78 is 0. The summed E-state index contributed by atoms with van der Waals surface area (Å²) >= 11 is 0. The summed E-state index contributed by atoms with van der Waals surface area (Å²) in [5.74, 6) is 0.559. The molecular weight excluding hydrogens is 176 g/mol. The van der Waals surface area contributed by atoms with E-state index < -0.39 is 0 Å². The standard InChI is InChI=1S/C11H22N2O/c1-4-5-10(2)11(14)13-8-6-12(3)7-9-13/h10H,4-9H2,1-3H3. The maximum Gasteiger partial charge on any atom is 0.225 e. The summed E-state index contributed by atoms with van der Waals surface area (Å²) in [6, 6.07) is 0. The number of carbonyl (C=O) groups excluding carboxylic acids is 1. The van der Waals surface area contributed by atoms with Gasteiger partial charge in [0.1, 0.15) is 0 Å². The number of nitrogens with zero attached hydrogens (tertiary/aromatic N) is 2. The zero-order chi connectivity index (χ0) is 10.6. The molecule has 1 rings (SSSR count). The van der Waals surface area contributed by atoms with Crippen LogP contribution in [0.15, 0.2) is 0 Å². The number of hydrogen-bond acceptors (Lipinski definition) is 2. The highest BCUT2D eigenvalue weighted by atomic mass is 16.2. The van der Waals surface area contributed by atoms with Crippen LogP contribution in [0, 0.1) is 5.92 Å². The first-order valence-electron chi connectivity index (χ1n) is 5.62. The summed E-state index contributed by atoms with van der Waals surface area (Å²) in [5, 5.41) is 0. The molecule has 1 fully saturated rings. The normalized spacial score (nSPS) is 20.9. The number of rotatable bonds is 3. The topological polar surface area (TPSA) is 23.6 Å². The summed E-state index contributed by atoms with van der Waals surface area (Å²) in [5.41, 5.74) is 0. The Hall–Kier alpha value is -0.570. The second-order valence-electron chi connectivity index (χ2n) is 4.32. The quantitative estimate of drug-likeness (QED) is 0.680. The van der Waals surface area contributed by atoms with Crippen molar-refractivity contribution in [3.8, 4) is 0 Å². The van der Waals surface area contributed by atoms with Crippen molar-refractivity contribution in [2.45, 2.75) is 26.7 Å². The monoisotopic (exact) mass is 198 g/mol. The molecule has 1 saturated heterocycles. The van der Waals surface area contributed by atoms with E-state index in [-0.39, 0.29) is 5.92 Å². The minimum absolute atomic E-state index is 0.211. The van der Waals surface area contributed by atoms with E-state index >= 15 is 0 Å². The zero-order valence-electron chi connectivity index (χ0n) is 9.62. The van der Waals surface area contributed by atoms with Crippen LogP contribution >= 0.6 is 0 Å². The Kier molecular flexibility index (Phi) is 4.39. The molecule has 1 atom stereocenters. The highest BCUT2D eigenvalue weighted by Gasteiger charge is 2.22. The molecule has 1 aliphatic heterocycles. The Morgan fingerprint density at radius 3 is 2.36 bits per heavy atom. The van der Waals surface area contributed by atoms with Gasteiger partial charge in [-0.25, -0.2) is 0 Å². The molecule has 0 aromatic rings. The predicted octanol–water partition coefficient (Wildman–Crippen LogP) is 1.20. The highest BCUT2D eigenvalue weighted by molar-refractivity contribution is 5.78. The molecular formula is C11H22N2O. The largest absolute Gasteiger partial charge is 0.340 e. The third-order valence-electron chi connectivity index (χ3n) is 2.96. The number of piperazine rings is 1. The van der Waals surface area contributed by atoms with Gasteiger partial charge < -0.3 is 9.80 Å². The lowest BCUT2D eigenvalue weighted by Gasteiger charge is -2.34. The first-order chi connectivity index (χ1) is 6.65. The molecule has 0 spiro atoms. The van der Waals surface area contributed by atoms with E-state index in [2.05, 4.69) is 18.9 Å². The van der Waals surface area contributed by atoms with Crippen molar-refractivity contribution in [1.29, 1.82) is 0 Å². The van der Waals surface area contributed by atoms with Crippen LogP contribution in [0.5, 0.6) is 0 Å². The van der Waals surface area contributed by atoms with Crippen molar-refractivity contribution in [3.05, 3.63) is 0 Å². The second-order valence-corrected chi connectivity index (χ2v) is 4.32. The Bertz CT molecular complexity index is 186. The lowest BCUT2D eigenvalue weighted by Crippen LogP contribution is -2.48. The SMILES string of the molecule is CCCC(C)C(=O)N1CCN(C)CC1. The van der Waals surface area contributed by atoms with Crippen LogP contribution in [0.4, 0.5) is 0 Å². The molecule has 0 aromatic heterocycles. The predicted molar refractivity (Wildman–Crippen MR) is 58.1 cm³/mol. The first-order valence-corrected chi connectivity index (χ1v) is 5.62. The molecule has 1 unspecified atom stereocenters. The molecule has 3 nitrogen and oxygen atoms in total. The summed E-state index contributed by atoms with van der Waals surface area (Å²) in [6.45, 7) is 8.03. The fraction of sp³-hybridized carbons (Fsp3) is 0.909. The fourth-order valence-corrected chi connectivity index (χ4v) is 1.89. The van der Waals surface area contributed by atoms with Crippen LogP contribution in [0.2, 0.25) is 0 Å². The van der Waals surface area contributed by atoms with E-state index in [1.165, 1.54) is 0 Å². The number of hydrogen-bond donors (Lipinski definition) is 0. The zero-order valence-corrected chi connectivity index (χ0v) is 9.62. The summed E-state index contributed by atoms with van der Waals surface area (Å²) in [6.07, 6.45) is 2.12. The van der Waals surface area contributed by atoms with E-state index in [0.717, 1.165) is 39.0 Å². The lowest BCUT2D eigenvalue weighted by molar-refractivity contribution is -0.136. The van der Waals surface area contributed by atoms with Crippen LogP contribution in [0.25, 0.3) is 0 Å². The van der Waals surface area contributed by atoms with E-state index in [4.69, 9.17) is 0 Å². The van der Waals surface area contributed by atoms with Crippen molar-refractivity contribution in [3.63, 3.8) is 0 Å². The van der Waals surface area contributed by atoms with Crippen molar-refractivity contribution >= 4 is 5.91 Å². The fourth-order valence-electron chi connectivity index (χ4n) is 1.89. The molecule has 14 heavy (non-hydrogen) atoms. The summed E-state index contributed by atoms with van der Waals surface area (Å²) in [4.78, 5) is 16.2. The number of carbonyl (C=O) groups is 1. The average Bonchev–Trinajstić information content (AvgIpc) is 2.18. The van der Waals surface area contributed by atoms with Crippen LogP contribution in [0.3, 0.4) is 0 Å². The Labute approximate surface area is 87.1 Å². The van der Waals surface area contributed by atoms with Crippen molar-refractivity contribution in [1.82, 2.24) is 9.80 Å². The van der Waals surface area contributed by atoms with Gasteiger partial charge in [-0.1, -0.05) is 20.3 Å². The number of likely N-dealkylation sites (N-methyl/N-ethyl adjacent to an activating group) is 1. The lowest BCUT2D eigenvalue weighted by atomic mass is 10.0. The maximum atomic E-state index is 11.9. The molecule has 0 aliphatic carbocycles. The van der Waals surface area contributed by atoms with Gasteiger partial charge in [-0.2, -0.15) is 0 Å². The molecule has 1 aliphatic rings. The second kappa shape index (κ2) is 5.35. The Morgan fingerprint density at radius 2 is 1.86 bits per heavy atom. The van der Waals surface area contributed by atoms with Gasteiger partial charge in [0.15, 0.2) is 0 Å². The molecule has 82 valence electrons. The molecule has 1 amide bonds. The van der Waals surface area contributed by atoms with Gasteiger partial charge in [-0.15, -0.1) is 0 Å². The van der Waals surface area contributed by atoms with Crippen molar-refractivity contribution in [2.75, 3.05) is 33.2 Å². The van der Waals surface area contributed by atoms with Gasteiger partial charge in [-0.05, 0) is 13.5 Å². The minimum atomic E-state index is 0.211. The molecule has 3 heteroatoms. The van der Waals surface area contributed by atoms with Crippen LogP contribution in [-0.2, 0) is 4.79 Å². The molecule has 0 radical (unpaired) electrons. The van der Waals surface area contributed by atoms with Crippen LogP contribution in [0.1, 0.15) is 26.7 Å². The van der Waals surface area contributed by atoms with E-state index in [1.807, 2.05) is 11.8 Å². The smallest absolute Gasteiger partial charge is 0.225 e. The molecule has 0 aromatic carbocycles. The summed E-state index contributed by atoms with van der Waals surface area (Å²) in [7, 11) is 2.11. The molecule has 0 N–H and O–H groups in total. The van der Waals surface area contributed by atoms with Gasteiger partial charge in [0.05, 0.1) is 0 Å². The van der Waals surface area contributed by atoms with E-state index in [9.17, 15) is 4.79 Å². The van der Waals surface area contributed by atoms with E-state index in [0.29, 0.717) is 5.91 Å². The molecule has 0 bridgehead atoms. The Balaban J connectivity index is 2.37. The van der Waals surface area contributed by atoms with Gasteiger partial charge in [0.2, 0.25) is 5.91 Å². The average molecular weight is 198 g/mol. The minimum Gasteiger partial charge on any atom is -0.340 e. The van der Waals surface area contributed by atoms with Gasteiger partial charge in [0.25, 0.3) is 0 Å². The van der Waals surface area contributed by atoms with E-state index in [1.54, 1.807) is 0 Å². The Morgan fingerprint density at radius 1 is 1.29 bits per heavy atom. The highest BCUT2D eigenvalue weighted by Crippen LogP contribution is 2.11. The van der Waals surface area contributed by atoms with Gasteiger partial charge in [0, 0.05) is 32.1 Å². The first kappa shape index (κ1) is 11.5. The van der Waals surface area contributed by atoms with Crippen LogP contribution in [-0.4, -0.2) is 48.9 Å². The van der Waals surface area contributed by atoms with Gasteiger partial charge >= 0.3 is 0 Å². The molecule has 0 saturated carbocycles. The van der Waals surface area contributed by atoms with Gasteiger partial charge in [-0.3, -0.25) is 4.79 Å². The molecule has 1 heterocycles. The third-order valence-corrected chi connectivity index (χ3v) is 2.96. The maximum absolute atomic E-state index is 11.9.